The summed E-state index contributed by atoms with van der Waals surface area (Å²) < 4.78 is 1.90. The zero-order valence-electron chi connectivity index (χ0n) is 13.1. The summed E-state index contributed by atoms with van der Waals surface area (Å²) >= 11 is 0. The average Bonchev–Trinajstić information content (AvgIpc) is 3.08. The number of benzene rings is 1. The molecule has 0 atom stereocenters. The predicted octanol–water partition coefficient (Wildman–Crippen LogP) is 1.97. The third-order valence-electron chi connectivity index (χ3n) is 4.10. The van der Waals surface area contributed by atoms with E-state index in [1.54, 1.807) is 6.20 Å². The van der Waals surface area contributed by atoms with Gasteiger partial charge in [0.05, 0.1) is 6.54 Å². The lowest BCUT2D eigenvalue weighted by Crippen LogP contribution is -2.37. The van der Waals surface area contributed by atoms with Crippen molar-refractivity contribution in [3.63, 3.8) is 0 Å². The first-order chi connectivity index (χ1) is 10.8. The van der Waals surface area contributed by atoms with Crippen LogP contribution in [0.5, 0.6) is 0 Å². The first kappa shape index (κ1) is 17.5. The number of amides is 1. The highest BCUT2D eigenvalue weighted by molar-refractivity contribution is 5.85. The Kier molecular flexibility index (Phi) is 6.62. The fourth-order valence-electron chi connectivity index (χ4n) is 2.76. The van der Waals surface area contributed by atoms with E-state index in [2.05, 4.69) is 40.0 Å². The normalized spacial score (nSPS) is 15.0. The molecule has 0 unspecified atom stereocenters. The number of aromatic nitrogens is 2. The van der Waals surface area contributed by atoms with Gasteiger partial charge in [0, 0.05) is 24.9 Å². The van der Waals surface area contributed by atoms with E-state index in [9.17, 15) is 4.79 Å². The van der Waals surface area contributed by atoms with Crippen LogP contribution in [0.1, 0.15) is 24.0 Å². The van der Waals surface area contributed by atoms with Gasteiger partial charge in [0.15, 0.2) is 0 Å². The molecule has 124 valence electrons. The van der Waals surface area contributed by atoms with Gasteiger partial charge in [-0.15, -0.1) is 12.4 Å². The summed E-state index contributed by atoms with van der Waals surface area (Å²) in [4.78, 5) is 12.1. The van der Waals surface area contributed by atoms with Gasteiger partial charge < -0.3 is 10.6 Å². The molecule has 5 nitrogen and oxygen atoms in total. The summed E-state index contributed by atoms with van der Waals surface area (Å²) in [5.41, 5.74) is 2.34. The van der Waals surface area contributed by atoms with Crippen LogP contribution < -0.4 is 10.6 Å². The van der Waals surface area contributed by atoms with Crippen molar-refractivity contribution in [2.45, 2.75) is 25.9 Å². The van der Waals surface area contributed by atoms with Crippen molar-refractivity contribution in [2.24, 2.45) is 5.92 Å². The highest BCUT2D eigenvalue weighted by atomic mass is 35.5. The van der Waals surface area contributed by atoms with Crippen molar-refractivity contribution in [3.05, 3.63) is 53.9 Å². The molecule has 2 heterocycles. The maximum atomic E-state index is 12.1. The molecule has 0 spiro atoms. The van der Waals surface area contributed by atoms with Gasteiger partial charge in [0.25, 0.3) is 0 Å². The Labute approximate surface area is 142 Å². The number of nitrogens with one attached hydrogen (secondary N) is 2. The van der Waals surface area contributed by atoms with Crippen LogP contribution in [-0.2, 0) is 17.9 Å². The maximum Gasteiger partial charge on any atom is 0.223 e. The van der Waals surface area contributed by atoms with Gasteiger partial charge in [0.1, 0.15) is 0 Å². The Morgan fingerprint density at radius 3 is 2.57 bits per heavy atom. The summed E-state index contributed by atoms with van der Waals surface area (Å²) in [5.74, 6) is 0.349. The Morgan fingerprint density at radius 2 is 1.91 bits per heavy atom. The summed E-state index contributed by atoms with van der Waals surface area (Å²) in [6.07, 6.45) is 5.61. The fraction of sp³-hybridized carbons (Fsp3) is 0.412. The largest absolute Gasteiger partial charge is 0.352 e. The summed E-state index contributed by atoms with van der Waals surface area (Å²) in [5, 5.41) is 10.5. The molecule has 2 aromatic rings. The van der Waals surface area contributed by atoms with Gasteiger partial charge in [-0.05, 0) is 43.1 Å². The van der Waals surface area contributed by atoms with Crippen molar-refractivity contribution < 1.29 is 4.79 Å². The lowest BCUT2D eigenvalue weighted by molar-refractivity contribution is -0.125. The van der Waals surface area contributed by atoms with Gasteiger partial charge in [0.2, 0.25) is 5.91 Å². The van der Waals surface area contributed by atoms with Crippen molar-refractivity contribution in [3.8, 4) is 0 Å². The molecule has 0 radical (unpaired) electrons. The second kappa shape index (κ2) is 8.70. The molecule has 23 heavy (non-hydrogen) atoms. The monoisotopic (exact) mass is 334 g/mol. The number of rotatable bonds is 5. The Bertz CT molecular complexity index is 592. The number of hydrogen-bond acceptors (Lipinski definition) is 3. The summed E-state index contributed by atoms with van der Waals surface area (Å²) in [6, 6.07) is 10.2. The van der Waals surface area contributed by atoms with Gasteiger partial charge >= 0.3 is 0 Å². The molecular weight excluding hydrogens is 312 g/mol. The molecule has 1 fully saturated rings. The Hall–Kier alpha value is -1.85. The zero-order valence-corrected chi connectivity index (χ0v) is 13.9. The first-order valence-corrected chi connectivity index (χ1v) is 7.85. The molecule has 0 saturated carbocycles. The molecule has 1 amide bonds. The third kappa shape index (κ3) is 5.08. The lowest BCUT2D eigenvalue weighted by atomic mass is 9.97. The average molecular weight is 335 g/mol. The van der Waals surface area contributed by atoms with E-state index in [1.807, 2.05) is 16.9 Å². The molecule has 1 aliphatic heterocycles. The Morgan fingerprint density at radius 1 is 1.22 bits per heavy atom. The van der Waals surface area contributed by atoms with Gasteiger partial charge in [-0.2, -0.15) is 5.10 Å². The molecule has 6 heteroatoms. The van der Waals surface area contributed by atoms with Gasteiger partial charge in [-0.1, -0.05) is 24.3 Å². The summed E-state index contributed by atoms with van der Waals surface area (Å²) in [6.45, 7) is 3.26. The predicted molar refractivity (Wildman–Crippen MR) is 92.5 cm³/mol. The smallest absolute Gasteiger partial charge is 0.223 e. The van der Waals surface area contributed by atoms with Crippen molar-refractivity contribution in [2.75, 3.05) is 13.1 Å². The van der Waals surface area contributed by atoms with E-state index in [0.717, 1.165) is 38.0 Å². The minimum atomic E-state index is 0. The second-order valence-corrected chi connectivity index (χ2v) is 5.76. The first-order valence-electron chi connectivity index (χ1n) is 7.85. The number of piperidine rings is 1. The molecule has 0 bridgehead atoms. The van der Waals surface area contributed by atoms with Crippen LogP contribution in [0.3, 0.4) is 0 Å². The lowest BCUT2D eigenvalue weighted by Gasteiger charge is -2.21. The number of carbonyl (C=O) groups is 1. The van der Waals surface area contributed by atoms with Crippen LogP contribution in [-0.4, -0.2) is 28.8 Å². The van der Waals surface area contributed by atoms with E-state index in [1.165, 1.54) is 5.56 Å². The van der Waals surface area contributed by atoms with Crippen LogP contribution in [0.4, 0.5) is 0 Å². The Balaban J connectivity index is 0.00000192. The molecule has 0 aliphatic carbocycles. The zero-order chi connectivity index (χ0) is 15.2. The molecular formula is C17H23ClN4O. The standard InChI is InChI=1S/C17H22N4O.ClH/c22-17(16-6-9-18-10-7-16)19-12-14-2-4-15(5-3-14)13-21-11-1-8-20-21;/h1-5,8,11,16,18H,6-7,9-10,12-13H2,(H,19,22);1H. The van der Waals surface area contributed by atoms with Crippen molar-refractivity contribution in [1.82, 2.24) is 20.4 Å². The second-order valence-electron chi connectivity index (χ2n) is 5.76. The number of hydrogen-bond donors (Lipinski definition) is 2. The topological polar surface area (TPSA) is 59.0 Å². The molecule has 3 rings (SSSR count). The van der Waals surface area contributed by atoms with E-state index in [0.29, 0.717) is 6.54 Å². The molecule has 1 aromatic heterocycles. The number of carbonyl (C=O) groups excluding carboxylic acids is 1. The molecule has 2 N–H and O–H groups in total. The SMILES string of the molecule is Cl.O=C(NCc1ccc(Cn2cccn2)cc1)C1CCNCC1. The minimum absolute atomic E-state index is 0. The van der Waals surface area contributed by atoms with Crippen molar-refractivity contribution in [1.29, 1.82) is 0 Å². The van der Waals surface area contributed by atoms with E-state index in [-0.39, 0.29) is 24.2 Å². The van der Waals surface area contributed by atoms with E-state index < -0.39 is 0 Å². The minimum Gasteiger partial charge on any atom is -0.352 e. The van der Waals surface area contributed by atoms with E-state index in [4.69, 9.17) is 0 Å². The van der Waals surface area contributed by atoms with Crippen LogP contribution >= 0.6 is 12.4 Å². The molecule has 1 aliphatic rings. The fourth-order valence-corrected chi connectivity index (χ4v) is 2.76. The highest BCUT2D eigenvalue weighted by Gasteiger charge is 2.20. The quantitative estimate of drug-likeness (QED) is 0.879. The van der Waals surface area contributed by atoms with Gasteiger partial charge in [-0.25, -0.2) is 0 Å². The van der Waals surface area contributed by atoms with Crippen LogP contribution in [0.15, 0.2) is 42.7 Å². The van der Waals surface area contributed by atoms with Gasteiger partial charge in [-0.3, -0.25) is 9.48 Å². The summed E-state index contributed by atoms with van der Waals surface area (Å²) in [7, 11) is 0. The van der Waals surface area contributed by atoms with Crippen LogP contribution in [0.2, 0.25) is 0 Å². The van der Waals surface area contributed by atoms with Crippen molar-refractivity contribution >= 4 is 18.3 Å². The third-order valence-corrected chi connectivity index (χ3v) is 4.10. The number of halogens is 1. The van der Waals surface area contributed by atoms with E-state index >= 15 is 0 Å². The number of nitrogens with zero attached hydrogens (tertiary/aromatic N) is 2. The van der Waals surface area contributed by atoms with Crippen LogP contribution in [0.25, 0.3) is 0 Å². The maximum absolute atomic E-state index is 12.1. The highest BCUT2D eigenvalue weighted by Crippen LogP contribution is 2.12. The van der Waals surface area contributed by atoms with Crippen LogP contribution in [0, 0.1) is 5.92 Å². The molecule has 1 saturated heterocycles. The molecule has 1 aromatic carbocycles.